The van der Waals surface area contributed by atoms with Gasteiger partial charge in [-0.15, -0.1) is 0 Å². The standard InChI is InChI=1S/C19H18Cl2FNO3S/c20-14-3-5-15(6-4-14)27(25,26)16-9-10-23(12-16)19(24)8-2-13-1-7-18(22)17(21)11-13/h1,3-7,11,16H,2,8-10,12H2. The van der Waals surface area contributed by atoms with E-state index in [2.05, 4.69) is 0 Å². The fraction of sp³-hybridized carbons (Fsp3) is 0.316. The minimum atomic E-state index is -3.51. The van der Waals surface area contributed by atoms with Crippen molar-refractivity contribution in [2.75, 3.05) is 13.1 Å². The number of carbonyl (C=O) groups excluding carboxylic acids is 1. The minimum Gasteiger partial charge on any atom is -0.341 e. The van der Waals surface area contributed by atoms with Crippen LogP contribution in [-0.2, 0) is 21.1 Å². The largest absolute Gasteiger partial charge is 0.341 e. The van der Waals surface area contributed by atoms with Crippen LogP contribution in [0.5, 0.6) is 0 Å². The molecule has 1 aliphatic rings. The summed E-state index contributed by atoms with van der Waals surface area (Å²) in [6.07, 6.45) is 1.04. The van der Waals surface area contributed by atoms with Gasteiger partial charge in [-0.2, -0.15) is 0 Å². The first-order valence-corrected chi connectivity index (χ1v) is 10.8. The van der Waals surface area contributed by atoms with Crippen LogP contribution in [0.2, 0.25) is 10.0 Å². The van der Waals surface area contributed by atoms with Crippen LogP contribution in [0.1, 0.15) is 18.4 Å². The summed E-state index contributed by atoms with van der Waals surface area (Å²) in [7, 11) is -3.51. The quantitative estimate of drug-likeness (QED) is 0.717. The van der Waals surface area contributed by atoms with Gasteiger partial charge in [-0.1, -0.05) is 29.3 Å². The number of benzene rings is 2. The summed E-state index contributed by atoms with van der Waals surface area (Å²) < 4.78 is 38.7. The molecule has 2 aromatic carbocycles. The van der Waals surface area contributed by atoms with Crippen LogP contribution >= 0.6 is 23.2 Å². The Morgan fingerprint density at radius 1 is 1.15 bits per heavy atom. The van der Waals surface area contributed by atoms with Crippen LogP contribution in [0.3, 0.4) is 0 Å². The second-order valence-corrected chi connectivity index (χ2v) is 9.57. The van der Waals surface area contributed by atoms with Gasteiger partial charge in [-0.25, -0.2) is 12.8 Å². The Labute approximate surface area is 167 Å². The average molecular weight is 430 g/mol. The molecule has 1 heterocycles. The van der Waals surface area contributed by atoms with Gasteiger partial charge < -0.3 is 4.90 Å². The lowest BCUT2D eigenvalue weighted by Crippen LogP contribution is -2.32. The van der Waals surface area contributed by atoms with E-state index in [0.717, 1.165) is 5.56 Å². The molecule has 3 rings (SSSR count). The Morgan fingerprint density at radius 3 is 2.52 bits per heavy atom. The Morgan fingerprint density at radius 2 is 1.85 bits per heavy atom. The number of amides is 1. The molecule has 1 aliphatic heterocycles. The number of nitrogens with zero attached hydrogens (tertiary/aromatic N) is 1. The van der Waals surface area contributed by atoms with Gasteiger partial charge in [0.1, 0.15) is 5.82 Å². The first-order valence-electron chi connectivity index (χ1n) is 8.48. The number of hydrogen-bond acceptors (Lipinski definition) is 3. The zero-order valence-electron chi connectivity index (χ0n) is 14.4. The van der Waals surface area contributed by atoms with Crippen LogP contribution in [0.15, 0.2) is 47.4 Å². The van der Waals surface area contributed by atoms with Crippen molar-refractivity contribution in [1.82, 2.24) is 4.90 Å². The zero-order valence-corrected chi connectivity index (χ0v) is 16.7. The maximum Gasteiger partial charge on any atom is 0.222 e. The summed E-state index contributed by atoms with van der Waals surface area (Å²) in [5, 5.41) is -0.129. The van der Waals surface area contributed by atoms with Gasteiger partial charge in [0.25, 0.3) is 0 Å². The molecule has 0 aliphatic carbocycles. The second-order valence-electron chi connectivity index (χ2n) is 6.50. The predicted molar refractivity (Wildman–Crippen MR) is 103 cm³/mol. The topological polar surface area (TPSA) is 54.5 Å². The van der Waals surface area contributed by atoms with Gasteiger partial charge in [-0.3, -0.25) is 4.79 Å². The van der Waals surface area contributed by atoms with Crippen LogP contribution in [-0.4, -0.2) is 37.6 Å². The highest BCUT2D eigenvalue weighted by atomic mass is 35.5. The molecule has 8 heteroatoms. The number of likely N-dealkylation sites (tertiary alicyclic amines) is 1. The molecule has 0 radical (unpaired) electrons. The smallest absolute Gasteiger partial charge is 0.222 e. The van der Waals surface area contributed by atoms with Gasteiger partial charge in [0, 0.05) is 24.5 Å². The van der Waals surface area contributed by atoms with Gasteiger partial charge in [0.15, 0.2) is 9.84 Å². The summed E-state index contributed by atoms with van der Waals surface area (Å²) in [4.78, 5) is 14.2. The Hall–Kier alpha value is -1.63. The van der Waals surface area contributed by atoms with E-state index in [0.29, 0.717) is 24.4 Å². The molecule has 1 amide bonds. The lowest BCUT2D eigenvalue weighted by molar-refractivity contribution is -0.130. The van der Waals surface area contributed by atoms with Crippen molar-refractivity contribution in [1.29, 1.82) is 0 Å². The van der Waals surface area contributed by atoms with Crippen molar-refractivity contribution < 1.29 is 17.6 Å². The Kier molecular flexibility index (Phi) is 6.08. The average Bonchev–Trinajstić information content (AvgIpc) is 3.14. The van der Waals surface area contributed by atoms with Crippen LogP contribution in [0, 0.1) is 5.82 Å². The summed E-state index contributed by atoms with van der Waals surface area (Å²) in [5.74, 6) is -0.620. The number of aryl methyl sites for hydroxylation is 1. The predicted octanol–water partition coefficient (Wildman–Crippen LogP) is 4.14. The van der Waals surface area contributed by atoms with Crippen LogP contribution in [0.4, 0.5) is 4.39 Å². The number of carbonyl (C=O) groups is 1. The highest BCUT2D eigenvalue weighted by Gasteiger charge is 2.35. The summed E-state index contributed by atoms with van der Waals surface area (Å²) in [5.41, 5.74) is 0.763. The Bertz CT molecular complexity index is 948. The summed E-state index contributed by atoms with van der Waals surface area (Å²) in [6.45, 7) is 0.578. The fourth-order valence-corrected chi connectivity index (χ4v) is 5.15. The van der Waals surface area contributed by atoms with Crippen LogP contribution in [0.25, 0.3) is 0 Å². The number of rotatable bonds is 5. The first kappa shape index (κ1) is 20.1. The van der Waals surface area contributed by atoms with E-state index in [1.165, 1.54) is 24.3 Å². The lowest BCUT2D eigenvalue weighted by atomic mass is 10.1. The van der Waals surface area contributed by atoms with E-state index < -0.39 is 20.9 Å². The third-order valence-corrected chi connectivity index (χ3v) is 7.42. The van der Waals surface area contributed by atoms with Gasteiger partial charge >= 0.3 is 0 Å². The third-order valence-electron chi connectivity index (χ3n) is 4.69. The van der Waals surface area contributed by atoms with Gasteiger partial charge in [0.2, 0.25) is 5.91 Å². The maximum absolute atomic E-state index is 13.2. The van der Waals surface area contributed by atoms with E-state index >= 15 is 0 Å². The number of halogens is 3. The van der Waals surface area contributed by atoms with E-state index in [1.54, 1.807) is 23.1 Å². The molecule has 1 unspecified atom stereocenters. The summed E-state index contributed by atoms with van der Waals surface area (Å²) >= 11 is 11.6. The molecule has 1 fully saturated rings. The highest BCUT2D eigenvalue weighted by molar-refractivity contribution is 7.92. The fourth-order valence-electron chi connectivity index (χ4n) is 3.13. The molecule has 2 aromatic rings. The van der Waals surface area contributed by atoms with Crippen molar-refractivity contribution >= 4 is 38.9 Å². The van der Waals surface area contributed by atoms with E-state index in [1.807, 2.05) is 0 Å². The van der Waals surface area contributed by atoms with Crippen molar-refractivity contribution in [2.24, 2.45) is 0 Å². The second kappa shape index (κ2) is 8.17. The Balaban J connectivity index is 1.60. The highest BCUT2D eigenvalue weighted by Crippen LogP contribution is 2.26. The summed E-state index contributed by atoms with van der Waals surface area (Å²) in [6, 6.07) is 10.4. The SMILES string of the molecule is O=C(CCc1ccc(F)c(Cl)c1)N1CCC(S(=O)(=O)c2ccc(Cl)cc2)C1. The van der Waals surface area contributed by atoms with E-state index in [-0.39, 0.29) is 28.8 Å². The van der Waals surface area contributed by atoms with E-state index in [4.69, 9.17) is 23.2 Å². The molecule has 4 nitrogen and oxygen atoms in total. The third kappa shape index (κ3) is 4.62. The minimum absolute atomic E-state index is 0.0234. The normalized spacial score (nSPS) is 17.3. The van der Waals surface area contributed by atoms with Gasteiger partial charge in [-0.05, 0) is 54.8 Å². The molecule has 27 heavy (non-hydrogen) atoms. The number of sulfone groups is 1. The van der Waals surface area contributed by atoms with Crippen molar-refractivity contribution in [3.63, 3.8) is 0 Å². The molecular formula is C19H18Cl2FNO3S. The van der Waals surface area contributed by atoms with Crippen molar-refractivity contribution in [2.45, 2.75) is 29.4 Å². The first-order chi connectivity index (χ1) is 12.8. The van der Waals surface area contributed by atoms with E-state index in [9.17, 15) is 17.6 Å². The molecule has 1 saturated heterocycles. The monoisotopic (exact) mass is 429 g/mol. The molecule has 0 aromatic heterocycles. The van der Waals surface area contributed by atoms with Crippen molar-refractivity contribution in [3.05, 3.63) is 63.9 Å². The molecule has 0 bridgehead atoms. The van der Waals surface area contributed by atoms with Gasteiger partial charge in [0.05, 0.1) is 15.2 Å². The molecular weight excluding hydrogens is 412 g/mol. The number of hydrogen-bond donors (Lipinski definition) is 0. The van der Waals surface area contributed by atoms with Crippen LogP contribution < -0.4 is 0 Å². The molecule has 0 saturated carbocycles. The zero-order chi connectivity index (χ0) is 19.6. The lowest BCUT2D eigenvalue weighted by Gasteiger charge is -2.17. The molecule has 1 atom stereocenters. The maximum atomic E-state index is 13.2. The molecule has 144 valence electrons. The molecule has 0 N–H and O–H groups in total. The molecule has 0 spiro atoms. The van der Waals surface area contributed by atoms with Crippen molar-refractivity contribution in [3.8, 4) is 0 Å².